The van der Waals surface area contributed by atoms with Gasteiger partial charge in [-0.3, -0.25) is 14.8 Å². The fourth-order valence-corrected chi connectivity index (χ4v) is 3.52. The first-order valence-electron chi connectivity index (χ1n) is 7.04. The molecular formula is C16H16N2O5S. The second kappa shape index (κ2) is 7.80. The lowest BCUT2D eigenvalue weighted by molar-refractivity contribution is -0.128. The molecular weight excluding hydrogens is 332 g/mol. The quantitative estimate of drug-likeness (QED) is 0.445. The van der Waals surface area contributed by atoms with Crippen molar-refractivity contribution in [2.75, 3.05) is 5.75 Å². The standard InChI is InChI=1S/C16H16N2O5S/c17-15(20)14(24-8-7-12(19)18-23)13-10-4-2-1-3-9(10)5-6-11(13)16(21)22/h1-6,14,23H,7-8H2,(H2,17,20)(H,18,19)(H,21,22). The zero-order valence-electron chi connectivity index (χ0n) is 12.6. The predicted molar refractivity (Wildman–Crippen MR) is 89.8 cm³/mol. The third-order valence-electron chi connectivity index (χ3n) is 3.46. The molecule has 8 heteroatoms. The van der Waals surface area contributed by atoms with Gasteiger partial charge in [-0.25, -0.2) is 10.3 Å². The Balaban J connectivity index is 2.48. The fraction of sp³-hybridized carbons (Fsp3) is 0.188. The van der Waals surface area contributed by atoms with E-state index in [1.807, 2.05) is 12.1 Å². The van der Waals surface area contributed by atoms with Crippen LogP contribution in [0.25, 0.3) is 10.8 Å². The Bertz CT molecular complexity index is 793. The second-order valence-corrected chi connectivity index (χ2v) is 6.20. The van der Waals surface area contributed by atoms with Gasteiger partial charge < -0.3 is 10.8 Å². The van der Waals surface area contributed by atoms with Crippen molar-refractivity contribution in [3.05, 3.63) is 47.5 Å². The minimum atomic E-state index is -1.16. The van der Waals surface area contributed by atoms with Crippen molar-refractivity contribution < 1.29 is 24.7 Å². The summed E-state index contributed by atoms with van der Waals surface area (Å²) < 4.78 is 0. The van der Waals surface area contributed by atoms with Gasteiger partial charge in [-0.2, -0.15) is 0 Å². The third-order valence-corrected chi connectivity index (χ3v) is 4.70. The van der Waals surface area contributed by atoms with Gasteiger partial charge in [-0.15, -0.1) is 11.8 Å². The average Bonchev–Trinajstić information content (AvgIpc) is 2.57. The molecule has 2 rings (SSSR count). The van der Waals surface area contributed by atoms with Crippen molar-refractivity contribution in [2.45, 2.75) is 11.7 Å². The lowest BCUT2D eigenvalue weighted by atomic mass is 9.96. The van der Waals surface area contributed by atoms with Crippen LogP contribution in [0.2, 0.25) is 0 Å². The number of amides is 2. The topological polar surface area (TPSA) is 130 Å². The van der Waals surface area contributed by atoms with E-state index in [1.165, 1.54) is 11.5 Å². The van der Waals surface area contributed by atoms with Crippen molar-refractivity contribution in [3.8, 4) is 0 Å². The van der Waals surface area contributed by atoms with Crippen molar-refractivity contribution in [1.29, 1.82) is 0 Å². The first-order valence-corrected chi connectivity index (χ1v) is 8.09. The summed E-state index contributed by atoms with van der Waals surface area (Å²) in [6.45, 7) is 0. The summed E-state index contributed by atoms with van der Waals surface area (Å²) in [6, 6.07) is 10.2. The Labute approximate surface area is 141 Å². The molecule has 0 bridgehead atoms. The molecule has 2 aromatic rings. The van der Waals surface area contributed by atoms with Crippen LogP contribution in [0.3, 0.4) is 0 Å². The number of hydroxylamine groups is 1. The predicted octanol–water partition coefficient (Wildman–Crippen LogP) is 1.69. The molecule has 1 unspecified atom stereocenters. The lowest BCUT2D eigenvalue weighted by Crippen LogP contribution is -2.23. The zero-order chi connectivity index (χ0) is 17.7. The van der Waals surface area contributed by atoms with E-state index in [0.717, 1.165) is 17.1 Å². The number of carbonyl (C=O) groups excluding carboxylic acids is 2. The number of aromatic carboxylic acids is 1. The number of nitrogens with two attached hydrogens (primary N) is 1. The number of hydrogen-bond acceptors (Lipinski definition) is 5. The minimum Gasteiger partial charge on any atom is -0.478 e. The average molecular weight is 348 g/mol. The number of benzene rings is 2. The highest BCUT2D eigenvalue weighted by molar-refractivity contribution is 8.00. The van der Waals surface area contributed by atoms with Gasteiger partial charge in [0.15, 0.2) is 0 Å². The first-order chi connectivity index (χ1) is 11.5. The zero-order valence-corrected chi connectivity index (χ0v) is 13.4. The van der Waals surface area contributed by atoms with E-state index in [1.54, 1.807) is 18.2 Å². The van der Waals surface area contributed by atoms with Crippen molar-refractivity contribution in [2.24, 2.45) is 5.73 Å². The summed E-state index contributed by atoms with van der Waals surface area (Å²) in [6.07, 6.45) is -0.0296. The molecule has 0 fully saturated rings. The third kappa shape index (κ3) is 3.84. The Morgan fingerprint density at radius 1 is 1.17 bits per heavy atom. The summed E-state index contributed by atoms with van der Waals surface area (Å²) in [5, 5.41) is 18.4. The van der Waals surface area contributed by atoms with Crippen LogP contribution in [0.15, 0.2) is 36.4 Å². The van der Waals surface area contributed by atoms with Crippen LogP contribution < -0.4 is 11.2 Å². The number of hydrogen-bond donors (Lipinski definition) is 4. The van der Waals surface area contributed by atoms with Crippen LogP contribution in [0, 0.1) is 0 Å². The highest BCUT2D eigenvalue weighted by Gasteiger charge is 2.26. The molecule has 5 N–H and O–H groups in total. The summed E-state index contributed by atoms with van der Waals surface area (Å²) in [5.41, 5.74) is 7.30. The van der Waals surface area contributed by atoms with Gasteiger partial charge in [0.1, 0.15) is 5.25 Å². The summed E-state index contributed by atoms with van der Waals surface area (Å²) in [5.74, 6) is -2.25. The Kier molecular flexibility index (Phi) is 5.78. The second-order valence-electron chi connectivity index (χ2n) is 4.99. The molecule has 0 spiro atoms. The van der Waals surface area contributed by atoms with E-state index in [9.17, 15) is 19.5 Å². The molecule has 0 heterocycles. The minimum absolute atomic E-state index is 0.00314. The summed E-state index contributed by atoms with van der Waals surface area (Å²) >= 11 is 1.06. The molecule has 0 saturated carbocycles. The highest BCUT2D eigenvalue weighted by Crippen LogP contribution is 2.36. The number of nitrogens with one attached hydrogen (secondary N) is 1. The molecule has 0 aliphatic heterocycles. The fourth-order valence-electron chi connectivity index (χ4n) is 2.40. The van der Waals surface area contributed by atoms with E-state index >= 15 is 0 Å². The number of carboxylic acid groups (broad SMARTS) is 1. The number of primary amides is 1. The van der Waals surface area contributed by atoms with Crippen LogP contribution in [0.5, 0.6) is 0 Å². The van der Waals surface area contributed by atoms with Crippen LogP contribution in [0.1, 0.15) is 27.6 Å². The molecule has 7 nitrogen and oxygen atoms in total. The van der Waals surface area contributed by atoms with Crippen LogP contribution in [-0.2, 0) is 9.59 Å². The molecule has 0 saturated heterocycles. The van der Waals surface area contributed by atoms with Crippen LogP contribution in [0.4, 0.5) is 0 Å². The number of thioether (sulfide) groups is 1. The highest BCUT2D eigenvalue weighted by atomic mass is 32.2. The smallest absolute Gasteiger partial charge is 0.336 e. The maximum atomic E-state index is 11.9. The SMILES string of the molecule is NC(=O)C(SCCC(=O)NO)c1c(C(=O)O)ccc2ccccc12. The molecule has 1 atom stereocenters. The number of carboxylic acids is 1. The molecule has 0 aromatic heterocycles. The van der Waals surface area contributed by atoms with Gasteiger partial charge in [0.05, 0.1) is 5.56 Å². The molecule has 0 radical (unpaired) electrons. The van der Waals surface area contributed by atoms with Gasteiger partial charge in [0, 0.05) is 12.2 Å². The summed E-state index contributed by atoms with van der Waals surface area (Å²) in [7, 11) is 0. The van der Waals surface area contributed by atoms with Gasteiger partial charge in [0.2, 0.25) is 11.8 Å². The van der Waals surface area contributed by atoms with Gasteiger partial charge >= 0.3 is 5.97 Å². The largest absolute Gasteiger partial charge is 0.478 e. The van der Waals surface area contributed by atoms with E-state index in [2.05, 4.69) is 0 Å². The van der Waals surface area contributed by atoms with E-state index in [-0.39, 0.29) is 17.7 Å². The maximum absolute atomic E-state index is 11.9. The normalized spacial score (nSPS) is 11.9. The van der Waals surface area contributed by atoms with Gasteiger partial charge in [-0.1, -0.05) is 30.3 Å². The first kappa shape index (κ1) is 17.8. The van der Waals surface area contributed by atoms with Crippen molar-refractivity contribution in [1.82, 2.24) is 5.48 Å². The van der Waals surface area contributed by atoms with Gasteiger partial charge in [-0.05, 0) is 22.4 Å². The Morgan fingerprint density at radius 2 is 1.88 bits per heavy atom. The molecule has 24 heavy (non-hydrogen) atoms. The monoisotopic (exact) mass is 348 g/mol. The van der Waals surface area contributed by atoms with E-state index in [4.69, 9.17) is 10.9 Å². The van der Waals surface area contributed by atoms with Crippen LogP contribution in [-0.4, -0.2) is 33.9 Å². The van der Waals surface area contributed by atoms with E-state index in [0.29, 0.717) is 10.9 Å². The Hall–Kier alpha value is -2.58. The lowest BCUT2D eigenvalue weighted by Gasteiger charge is -2.18. The van der Waals surface area contributed by atoms with Crippen LogP contribution >= 0.6 is 11.8 Å². The molecule has 126 valence electrons. The number of fused-ring (bicyclic) bond motifs is 1. The molecule has 2 aromatic carbocycles. The molecule has 0 aliphatic carbocycles. The number of carbonyl (C=O) groups is 3. The van der Waals surface area contributed by atoms with Crippen molar-refractivity contribution in [3.63, 3.8) is 0 Å². The number of rotatable bonds is 7. The molecule has 2 amide bonds. The maximum Gasteiger partial charge on any atom is 0.336 e. The molecule has 0 aliphatic rings. The Morgan fingerprint density at radius 3 is 2.50 bits per heavy atom. The summed E-state index contributed by atoms with van der Waals surface area (Å²) in [4.78, 5) is 34.6. The van der Waals surface area contributed by atoms with Crippen molar-refractivity contribution >= 4 is 40.3 Å². The van der Waals surface area contributed by atoms with E-state index < -0.39 is 23.0 Å². The van der Waals surface area contributed by atoms with Gasteiger partial charge in [0.25, 0.3) is 0 Å².